The van der Waals surface area contributed by atoms with Crippen LogP contribution in [0.15, 0.2) is 22.7 Å². The lowest BCUT2D eigenvalue weighted by Gasteiger charge is -2.15. The monoisotopic (exact) mass is 282 g/mol. The summed E-state index contributed by atoms with van der Waals surface area (Å²) in [7, 11) is 0. The van der Waals surface area contributed by atoms with Crippen molar-refractivity contribution < 1.29 is 18.3 Å². The highest BCUT2D eigenvalue weighted by Gasteiger charge is 2.33. The van der Waals surface area contributed by atoms with Gasteiger partial charge in [0.15, 0.2) is 0 Å². The molecule has 1 aromatic rings. The number of aliphatic hydroxyl groups is 1. The van der Waals surface area contributed by atoms with Gasteiger partial charge in [-0.2, -0.15) is 13.2 Å². The zero-order valence-electron chi connectivity index (χ0n) is 7.98. The number of hydrogen-bond acceptors (Lipinski definition) is 1. The molecule has 0 aliphatic heterocycles. The molecular formula is C10H10BrF3O. The van der Waals surface area contributed by atoms with Crippen LogP contribution in [0.2, 0.25) is 0 Å². The van der Waals surface area contributed by atoms with Crippen LogP contribution in [0, 0.1) is 0 Å². The first kappa shape index (κ1) is 12.5. The van der Waals surface area contributed by atoms with Gasteiger partial charge in [0.05, 0.1) is 11.7 Å². The fraction of sp³-hybridized carbons (Fsp3) is 0.400. The molecule has 0 aliphatic carbocycles. The molecule has 1 unspecified atom stereocenters. The van der Waals surface area contributed by atoms with Gasteiger partial charge in [0, 0.05) is 4.47 Å². The van der Waals surface area contributed by atoms with Crippen LogP contribution in [-0.2, 0) is 12.6 Å². The molecule has 15 heavy (non-hydrogen) atoms. The Hall–Kier alpha value is -0.550. The van der Waals surface area contributed by atoms with Crippen LogP contribution in [0.3, 0.4) is 0 Å². The standard InChI is InChI=1S/C10H10BrF3O/c1-6(15)5-7-8(10(12,13)14)3-2-4-9(7)11/h2-4,6,15H,5H2,1H3. The number of alkyl halides is 3. The Balaban J connectivity index is 3.21. The lowest BCUT2D eigenvalue weighted by molar-refractivity contribution is -0.138. The summed E-state index contributed by atoms with van der Waals surface area (Å²) >= 11 is 3.06. The highest BCUT2D eigenvalue weighted by atomic mass is 79.9. The fourth-order valence-corrected chi connectivity index (χ4v) is 1.86. The van der Waals surface area contributed by atoms with E-state index in [1.165, 1.54) is 19.1 Å². The first-order chi connectivity index (χ1) is 6.82. The summed E-state index contributed by atoms with van der Waals surface area (Å²) < 4.78 is 38.1. The molecule has 0 radical (unpaired) electrons. The molecule has 1 rings (SSSR count). The Morgan fingerprint density at radius 1 is 1.40 bits per heavy atom. The summed E-state index contributed by atoms with van der Waals surface area (Å²) in [6, 6.07) is 3.88. The van der Waals surface area contributed by atoms with E-state index in [1.54, 1.807) is 0 Å². The number of hydrogen-bond donors (Lipinski definition) is 1. The van der Waals surface area contributed by atoms with Gasteiger partial charge in [-0.15, -0.1) is 0 Å². The lowest BCUT2D eigenvalue weighted by atomic mass is 10.0. The molecule has 1 atom stereocenters. The highest BCUT2D eigenvalue weighted by molar-refractivity contribution is 9.10. The fourth-order valence-electron chi connectivity index (χ4n) is 1.33. The second-order valence-electron chi connectivity index (χ2n) is 3.32. The van der Waals surface area contributed by atoms with Gasteiger partial charge >= 0.3 is 6.18 Å². The van der Waals surface area contributed by atoms with E-state index >= 15 is 0 Å². The summed E-state index contributed by atoms with van der Waals surface area (Å²) in [6.45, 7) is 1.46. The minimum Gasteiger partial charge on any atom is -0.393 e. The van der Waals surface area contributed by atoms with Crippen molar-refractivity contribution in [2.45, 2.75) is 25.6 Å². The summed E-state index contributed by atoms with van der Waals surface area (Å²) in [5, 5.41) is 9.13. The van der Waals surface area contributed by atoms with Crippen molar-refractivity contribution >= 4 is 15.9 Å². The van der Waals surface area contributed by atoms with Gasteiger partial charge in [-0.1, -0.05) is 22.0 Å². The minimum absolute atomic E-state index is 0.0176. The van der Waals surface area contributed by atoms with Crippen molar-refractivity contribution in [1.82, 2.24) is 0 Å². The molecule has 0 saturated carbocycles. The Kier molecular flexibility index (Phi) is 3.78. The molecule has 5 heteroatoms. The molecule has 0 aliphatic rings. The van der Waals surface area contributed by atoms with E-state index in [2.05, 4.69) is 15.9 Å². The van der Waals surface area contributed by atoms with Crippen LogP contribution in [0.1, 0.15) is 18.1 Å². The zero-order chi connectivity index (χ0) is 11.6. The van der Waals surface area contributed by atoms with E-state index in [1.807, 2.05) is 0 Å². The second-order valence-corrected chi connectivity index (χ2v) is 4.17. The predicted octanol–water partition coefficient (Wildman–Crippen LogP) is 3.39. The highest BCUT2D eigenvalue weighted by Crippen LogP contribution is 2.35. The Morgan fingerprint density at radius 2 is 2.00 bits per heavy atom. The number of halogens is 4. The van der Waals surface area contributed by atoms with Crippen LogP contribution in [0.4, 0.5) is 13.2 Å². The third-order valence-electron chi connectivity index (χ3n) is 1.92. The van der Waals surface area contributed by atoms with Gasteiger partial charge < -0.3 is 5.11 Å². The quantitative estimate of drug-likeness (QED) is 0.882. The van der Waals surface area contributed by atoms with Crippen LogP contribution in [0.25, 0.3) is 0 Å². The summed E-state index contributed by atoms with van der Waals surface area (Å²) in [4.78, 5) is 0. The maximum absolute atomic E-state index is 12.6. The Labute approximate surface area is 94.0 Å². The van der Waals surface area contributed by atoms with Gasteiger partial charge in [-0.3, -0.25) is 0 Å². The average Bonchev–Trinajstić information content (AvgIpc) is 2.05. The van der Waals surface area contributed by atoms with Crippen molar-refractivity contribution in [3.05, 3.63) is 33.8 Å². The number of benzene rings is 1. The minimum atomic E-state index is -4.38. The zero-order valence-corrected chi connectivity index (χ0v) is 9.56. The van der Waals surface area contributed by atoms with E-state index in [4.69, 9.17) is 5.11 Å². The van der Waals surface area contributed by atoms with Crippen molar-refractivity contribution in [2.75, 3.05) is 0 Å². The summed E-state index contributed by atoms with van der Waals surface area (Å²) in [6.07, 6.45) is -5.20. The first-order valence-electron chi connectivity index (χ1n) is 4.35. The van der Waals surface area contributed by atoms with Crippen molar-refractivity contribution in [3.63, 3.8) is 0 Å². The van der Waals surface area contributed by atoms with Gasteiger partial charge in [-0.05, 0) is 31.0 Å². The molecule has 0 bridgehead atoms. The predicted molar refractivity (Wildman–Crippen MR) is 54.5 cm³/mol. The van der Waals surface area contributed by atoms with Gasteiger partial charge in [0.1, 0.15) is 0 Å². The molecule has 1 nitrogen and oxygen atoms in total. The third kappa shape index (κ3) is 3.21. The lowest BCUT2D eigenvalue weighted by Crippen LogP contribution is -2.14. The van der Waals surface area contributed by atoms with E-state index in [0.717, 1.165) is 6.07 Å². The molecule has 0 amide bonds. The van der Waals surface area contributed by atoms with Crippen LogP contribution in [-0.4, -0.2) is 11.2 Å². The Bertz CT molecular complexity index is 347. The maximum atomic E-state index is 12.6. The van der Waals surface area contributed by atoms with Crippen molar-refractivity contribution in [3.8, 4) is 0 Å². The molecular weight excluding hydrogens is 273 g/mol. The van der Waals surface area contributed by atoms with E-state index in [-0.39, 0.29) is 12.0 Å². The van der Waals surface area contributed by atoms with Crippen molar-refractivity contribution in [2.24, 2.45) is 0 Å². The number of aliphatic hydroxyl groups excluding tert-OH is 1. The second kappa shape index (κ2) is 4.53. The molecule has 0 heterocycles. The van der Waals surface area contributed by atoms with E-state index < -0.39 is 17.8 Å². The normalized spacial score (nSPS) is 14.0. The molecule has 1 aromatic carbocycles. The summed E-state index contributed by atoms with van der Waals surface area (Å²) in [5.41, 5.74) is -0.599. The maximum Gasteiger partial charge on any atom is 0.416 e. The smallest absolute Gasteiger partial charge is 0.393 e. The van der Waals surface area contributed by atoms with Gasteiger partial charge in [0.2, 0.25) is 0 Å². The average molecular weight is 283 g/mol. The SMILES string of the molecule is CC(O)Cc1c(Br)cccc1C(F)(F)F. The van der Waals surface area contributed by atoms with Gasteiger partial charge in [0.25, 0.3) is 0 Å². The van der Waals surface area contributed by atoms with E-state index in [9.17, 15) is 13.2 Å². The molecule has 0 fully saturated rings. The molecule has 0 spiro atoms. The topological polar surface area (TPSA) is 20.2 Å². The molecule has 0 saturated heterocycles. The molecule has 84 valence electrons. The number of rotatable bonds is 2. The van der Waals surface area contributed by atoms with Crippen LogP contribution in [0.5, 0.6) is 0 Å². The van der Waals surface area contributed by atoms with E-state index in [0.29, 0.717) is 4.47 Å². The third-order valence-corrected chi connectivity index (χ3v) is 2.67. The Morgan fingerprint density at radius 3 is 2.47 bits per heavy atom. The summed E-state index contributed by atoms with van der Waals surface area (Å²) in [5.74, 6) is 0. The van der Waals surface area contributed by atoms with Crippen molar-refractivity contribution in [1.29, 1.82) is 0 Å². The largest absolute Gasteiger partial charge is 0.416 e. The van der Waals surface area contributed by atoms with Gasteiger partial charge in [-0.25, -0.2) is 0 Å². The molecule has 1 N–H and O–H groups in total. The molecule has 0 aromatic heterocycles. The van der Waals surface area contributed by atoms with Crippen LogP contribution < -0.4 is 0 Å². The first-order valence-corrected chi connectivity index (χ1v) is 5.14. The van der Waals surface area contributed by atoms with Crippen LogP contribution >= 0.6 is 15.9 Å².